The Bertz CT molecular complexity index is 3080. The van der Waals surface area contributed by atoms with Crippen LogP contribution in [0.4, 0.5) is 0 Å². The van der Waals surface area contributed by atoms with Crippen LogP contribution in [0.15, 0.2) is 90.1 Å². The zero-order valence-electron chi connectivity index (χ0n) is 49.9. The molecule has 3 heterocycles. The molecule has 2 saturated heterocycles. The number of hydrogen-bond acceptors (Lipinski definition) is 13. The molecule has 0 bridgehead atoms. The van der Waals surface area contributed by atoms with Gasteiger partial charge in [0.05, 0.1) is 6.61 Å². The summed E-state index contributed by atoms with van der Waals surface area (Å²) in [5.41, 5.74) is 13.5. The number of aliphatic hydroxyl groups excluding tert-OH is 1. The molecule has 0 radical (unpaired) electrons. The highest BCUT2D eigenvalue weighted by Gasteiger charge is 2.40. The number of para-hydroxylation sites is 1. The number of aromatic amines is 1. The lowest BCUT2D eigenvalue weighted by Gasteiger charge is -2.30. The summed E-state index contributed by atoms with van der Waals surface area (Å²) in [5.74, 6) is -7.20. The molecule has 1 aromatic heterocycles. The molecule has 0 saturated carbocycles. The summed E-state index contributed by atoms with van der Waals surface area (Å²) in [6.45, 7) is 8.29. The van der Waals surface area contributed by atoms with Gasteiger partial charge in [0.25, 0.3) is 0 Å². The van der Waals surface area contributed by atoms with Gasteiger partial charge >= 0.3 is 0 Å². The molecule has 0 aliphatic carbocycles. The summed E-state index contributed by atoms with van der Waals surface area (Å²) in [4.78, 5) is 150. The highest BCUT2D eigenvalue weighted by molar-refractivity contribution is 5.99. The Labute approximate surface area is 505 Å². The third kappa shape index (κ3) is 19.5. The molecule has 9 atom stereocenters. The van der Waals surface area contributed by atoms with Crippen molar-refractivity contribution in [3.63, 3.8) is 0 Å². The van der Waals surface area contributed by atoms with Crippen LogP contribution in [0.2, 0.25) is 0 Å². The van der Waals surface area contributed by atoms with E-state index in [0.717, 1.165) is 10.9 Å². The van der Waals surface area contributed by atoms with Crippen molar-refractivity contribution in [1.29, 1.82) is 0 Å². The third-order valence-electron chi connectivity index (χ3n) is 15.3. The summed E-state index contributed by atoms with van der Waals surface area (Å²) in [5, 5.41) is 43.1. The van der Waals surface area contributed by atoms with Crippen LogP contribution in [0.1, 0.15) is 96.3 Å². The molecule has 2 aliphatic heterocycles. The molecular formula is C61H84N14O12. The number of aliphatic hydroxyl groups is 1. The van der Waals surface area contributed by atoms with Crippen molar-refractivity contribution < 1.29 is 58.2 Å². The minimum absolute atomic E-state index is 0.000957. The maximum Gasteiger partial charge on any atom is 0.245 e. The smallest absolute Gasteiger partial charge is 0.245 e. The van der Waals surface area contributed by atoms with Crippen LogP contribution in [-0.2, 0) is 67.2 Å². The number of guanidine groups is 1. The SMILES string of the molecule is CCNC(=O)[C@@H]1CCCN1C(=O)[C@H](CCCN=C(N)N)NC(=O)[C@H](CC(C)C)NC(=O)[C@@H](C)NC(=O)[C@H](Cc1ccc(O)cc1)NC(=O)[C@H](CO)NC(=O)[C@H](Cc1c[nH]c2ccccc12)NC(=O)[C@@H](Cc1ccccc1)NC(=O)[C@@H]1CCCN1C(C)=O. The van der Waals surface area contributed by atoms with Gasteiger partial charge in [0.1, 0.15) is 60.1 Å². The van der Waals surface area contributed by atoms with Gasteiger partial charge in [0, 0.05) is 69.5 Å². The molecule has 0 unspecified atom stereocenters. The largest absolute Gasteiger partial charge is 0.508 e. The van der Waals surface area contributed by atoms with Crippen molar-refractivity contribution in [3.05, 3.63) is 102 Å². The number of nitrogens with one attached hydrogen (secondary N) is 9. The number of aromatic nitrogens is 1. The van der Waals surface area contributed by atoms with Gasteiger partial charge in [-0.25, -0.2) is 0 Å². The molecule has 0 spiro atoms. The van der Waals surface area contributed by atoms with Crippen LogP contribution in [0.25, 0.3) is 10.9 Å². The van der Waals surface area contributed by atoms with Gasteiger partial charge in [-0.1, -0.05) is 74.5 Å². The lowest BCUT2D eigenvalue weighted by Crippen LogP contribution is -2.61. The Balaban J connectivity index is 1.19. The fourth-order valence-electron chi connectivity index (χ4n) is 10.8. The predicted molar refractivity (Wildman–Crippen MR) is 323 cm³/mol. The van der Waals surface area contributed by atoms with E-state index in [1.54, 1.807) is 49.5 Å². The quantitative estimate of drug-likeness (QED) is 0.0179. The maximum atomic E-state index is 14.6. The number of H-pyrrole nitrogens is 1. The molecular weight excluding hydrogens is 1120 g/mol. The summed E-state index contributed by atoms with van der Waals surface area (Å²) >= 11 is 0. The van der Waals surface area contributed by atoms with Gasteiger partial charge < -0.3 is 79.0 Å². The number of nitrogens with zero attached hydrogens (tertiary/aromatic N) is 3. The number of phenolic OH excluding ortho intramolecular Hbond substituents is 1. The summed E-state index contributed by atoms with van der Waals surface area (Å²) < 4.78 is 0. The number of hydrogen-bond donors (Lipinski definition) is 13. The molecule has 87 heavy (non-hydrogen) atoms. The number of fused-ring (bicyclic) bond motifs is 1. The normalized spacial score (nSPS) is 17.1. The average Bonchev–Trinajstić information content (AvgIpc) is 3.02. The number of carbonyl (C=O) groups is 10. The van der Waals surface area contributed by atoms with Gasteiger partial charge in [-0.05, 0) is 99.6 Å². The maximum absolute atomic E-state index is 14.6. The molecule has 26 heteroatoms. The van der Waals surface area contributed by atoms with E-state index in [1.807, 2.05) is 32.0 Å². The van der Waals surface area contributed by atoms with E-state index in [0.29, 0.717) is 55.5 Å². The van der Waals surface area contributed by atoms with Crippen LogP contribution < -0.4 is 54.0 Å². The second-order valence-electron chi connectivity index (χ2n) is 22.4. The number of nitrogens with two attached hydrogens (primary N) is 2. The Morgan fingerprint density at radius 3 is 1.77 bits per heavy atom. The van der Waals surface area contributed by atoms with E-state index in [4.69, 9.17) is 11.5 Å². The lowest BCUT2D eigenvalue weighted by molar-refractivity contribution is -0.142. The fraction of sp³-hybridized carbons (Fsp3) is 0.492. The Hall–Kier alpha value is -9.07. The van der Waals surface area contributed by atoms with Gasteiger partial charge in [-0.2, -0.15) is 0 Å². The number of benzene rings is 3. The van der Waals surface area contributed by atoms with Crippen molar-refractivity contribution in [2.24, 2.45) is 22.4 Å². The molecule has 10 amide bonds. The molecule has 3 aromatic carbocycles. The molecule has 4 aromatic rings. The van der Waals surface area contributed by atoms with Crippen molar-refractivity contribution in [2.75, 3.05) is 32.8 Å². The van der Waals surface area contributed by atoms with Crippen LogP contribution in [0.3, 0.4) is 0 Å². The summed E-state index contributed by atoms with van der Waals surface area (Å²) in [7, 11) is 0. The Morgan fingerprint density at radius 2 is 1.15 bits per heavy atom. The molecule has 15 N–H and O–H groups in total. The predicted octanol–water partition coefficient (Wildman–Crippen LogP) is -0.455. The molecule has 26 nitrogen and oxygen atoms in total. The molecule has 2 aliphatic rings. The van der Waals surface area contributed by atoms with Crippen LogP contribution in [0, 0.1) is 5.92 Å². The average molecular weight is 1210 g/mol. The summed E-state index contributed by atoms with van der Waals surface area (Å²) in [6, 6.07) is 10.6. The van der Waals surface area contributed by atoms with Crippen LogP contribution in [-0.4, -0.2) is 177 Å². The second-order valence-corrected chi connectivity index (χ2v) is 22.4. The van der Waals surface area contributed by atoms with E-state index in [-0.39, 0.29) is 81.1 Å². The number of likely N-dealkylation sites (N-methyl/N-ethyl adjacent to an activating group) is 1. The number of aromatic hydroxyl groups is 1. The van der Waals surface area contributed by atoms with Gasteiger partial charge in [0.2, 0.25) is 59.1 Å². The van der Waals surface area contributed by atoms with Crippen molar-refractivity contribution in [3.8, 4) is 5.75 Å². The Morgan fingerprint density at radius 1 is 0.621 bits per heavy atom. The number of rotatable bonds is 30. The number of phenols is 1. The minimum atomic E-state index is -1.74. The number of carbonyl (C=O) groups excluding carboxylic acids is 10. The van der Waals surface area contributed by atoms with Crippen LogP contribution >= 0.6 is 0 Å². The first-order chi connectivity index (χ1) is 41.6. The highest BCUT2D eigenvalue weighted by atomic mass is 16.3. The monoisotopic (exact) mass is 1200 g/mol. The van der Waals surface area contributed by atoms with Crippen molar-refractivity contribution >= 4 is 75.9 Å². The third-order valence-corrected chi connectivity index (χ3v) is 15.3. The van der Waals surface area contributed by atoms with Crippen molar-refractivity contribution in [2.45, 2.75) is 153 Å². The number of amides is 10. The standard InChI is InChI=1S/C61H84N14O12/c1-6-64-58(85)50-20-14-28-75(50)60(87)44(19-12-26-65-61(62)63)68-54(81)45(29-35(2)3)69-52(79)36(4)67-53(80)46(31-39-22-24-41(78)25-23-39)70-57(84)49(34-76)73-56(83)48(32-40-33-66-43-18-11-10-17-42(40)43)71-55(82)47(30-38-15-8-7-9-16-38)72-59(86)51-21-13-27-74(51)37(5)77/h7-11,15-18,22-25,33,35-36,44-51,66,76,78H,6,12-14,19-21,26-32,34H2,1-5H3,(H,64,85)(H,67,80)(H,68,81)(H,69,79)(H,70,84)(H,71,82)(H,72,86)(H,73,83)(H4,62,63,65)/t36-,44+,45+,46+,47-,48+,49+,50+,51+/m1/s1. The van der Waals surface area contributed by atoms with E-state index in [9.17, 15) is 58.2 Å². The van der Waals surface area contributed by atoms with Gasteiger partial charge in [-0.3, -0.25) is 52.9 Å². The first-order valence-corrected chi connectivity index (χ1v) is 29.6. The second kappa shape index (κ2) is 32.4. The lowest BCUT2D eigenvalue weighted by atomic mass is 10.0. The van der Waals surface area contributed by atoms with E-state index in [2.05, 4.69) is 52.5 Å². The van der Waals surface area contributed by atoms with Crippen LogP contribution in [0.5, 0.6) is 5.75 Å². The molecule has 470 valence electrons. The van der Waals surface area contributed by atoms with Crippen molar-refractivity contribution in [1.82, 2.24) is 57.3 Å². The number of likely N-dealkylation sites (tertiary alicyclic amines) is 2. The molecule has 2 fully saturated rings. The number of aliphatic imine (C=N–C) groups is 1. The zero-order valence-corrected chi connectivity index (χ0v) is 49.9. The Kier molecular flexibility index (Phi) is 25.0. The van der Waals surface area contributed by atoms with E-state index in [1.165, 1.54) is 47.9 Å². The first-order valence-electron chi connectivity index (χ1n) is 29.6. The summed E-state index contributed by atoms with van der Waals surface area (Å²) in [6.07, 6.45) is 3.73. The first kappa shape index (κ1) is 67.1. The highest BCUT2D eigenvalue weighted by Crippen LogP contribution is 2.23. The van der Waals surface area contributed by atoms with E-state index >= 15 is 0 Å². The van der Waals surface area contributed by atoms with Gasteiger partial charge in [-0.15, -0.1) is 0 Å². The van der Waals surface area contributed by atoms with E-state index < -0.39 is 108 Å². The van der Waals surface area contributed by atoms with Gasteiger partial charge in [0.15, 0.2) is 5.96 Å². The zero-order chi connectivity index (χ0) is 63.3. The topological polar surface area (TPSA) is 394 Å². The molecule has 6 rings (SSSR count). The minimum Gasteiger partial charge on any atom is -0.508 e. The fourth-order valence-corrected chi connectivity index (χ4v) is 10.8.